The zero-order valence-corrected chi connectivity index (χ0v) is 20.6. The predicted octanol–water partition coefficient (Wildman–Crippen LogP) is 3.42. The maximum atomic E-state index is 11.7. The molecule has 186 valence electrons. The summed E-state index contributed by atoms with van der Waals surface area (Å²) in [6.07, 6.45) is 1.77. The van der Waals surface area contributed by atoms with E-state index in [-0.39, 0.29) is 5.91 Å². The average Bonchev–Trinajstić information content (AvgIpc) is 3.37. The molecule has 11 heteroatoms. The molecule has 2 aromatic heterocycles. The van der Waals surface area contributed by atoms with Crippen LogP contribution < -0.4 is 19.7 Å². The second kappa shape index (κ2) is 9.68. The Hall–Kier alpha value is -4.41. The second-order valence-electron chi connectivity index (χ2n) is 8.54. The molecule has 0 atom stereocenters. The first-order valence-electron chi connectivity index (χ1n) is 11.6. The number of methoxy groups -OCH3 is 2. The standard InChI is InChI=1S/C25H27N7O4/c1-15-14-26-25(28-24(15)17-5-6-18-19(11-17)30-36-29-18)27-20-12-23(35-4)21(13-22(20)34-3)32-9-7-31(8-10-32)16(2)33/h5-6,11-14H,7-10H2,1-4H3,(H,26,27,28). The summed E-state index contributed by atoms with van der Waals surface area (Å²) in [5.41, 5.74) is 5.49. The van der Waals surface area contributed by atoms with Crippen LogP contribution in [0, 0.1) is 6.92 Å². The van der Waals surface area contributed by atoms with Crippen molar-refractivity contribution >= 4 is 34.3 Å². The molecule has 3 heterocycles. The minimum atomic E-state index is 0.0915. The first-order chi connectivity index (χ1) is 17.5. The van der Waals surface area contributed by atoms with E-state index >= 15 is 0 Å². The van der Waals surface area contributed by atoms with Gasteiger partial charge in [0.05, 0.1) is 31.3 Å². The smallest absolute Gasteiger partial charge is 0.227 e. The number of piperazine rings is 1. The van der Waals surface area contributed by atoms with Crippen molar-refractivity contribution in [3.63, 3.8) is 0 Å². The van der Waals surface area contributed by atoms with Gasteiger partial charge in [-0.25, -0.2) is 14.6 Å². The van der Waals surface area contributed by atoms with Crippen molar-refractivity contribution in [3.8, 4) is 22.8 Å². The molecule has 1 aliphatic rings. The molecule has 0 saturated carbocycles. The van der Waals surface area contributed by atoms with Crippen LogP contribution in [0.4, 0.5) is 17.3 Å². The lowest BCUT2D eigenvalue weighted by atomic mass is 10.1. The summed E-state index contributed by atoms with van der Waals surface area (Å²) in [6, 6.07) is 9.47. The van der Waals surface area contributed by atoms with Crippen molar-refractivity contribution in [2.24, 2.45) is 0 Å². The predicted molar refractivity (Wildman–Crippen MR) is 135 cm³/mol. The van der Waals surface area contributed by atoms with Gasteiger partial charge in [-0.2, -0.15) is 0 Å². The molecule has 11 nitrogen and oxygen atoms in total. The highest BCUT2D eigenvalue weighted by molar-refractivity contribution is 5.81. The zero-order chi connectivity index (χ0) is 25.2. The van der Waals surface area contributed by atoms with Crippen molar-refractivity contribution in [3.05, 3.63) is 42.1 Å². The monoisotopic (exact) mass is 489 g/mol. The van der Waals surface area contributed by atoms with Gasteiger partial charge in [0, 0.05) is 57.0 Å². The third-order valence-corrected chi connectivity index (χ3v) is 6.31. The van der Waals surface area contributed by atoms with Crippen LogP contribution in [-0.2, 0) is 4.79 Å². The SMILES string of the molecule is COc1cc(N2CCN(C(C)=O)CC2)c(OC)cc1Nc1ncc(C)c(-c2ccc3nonc3c2)n1. The molecular weight excluding hydrogens is 462 g/mol. The number of carbonyl (C=O) groups is 1. The van der Waals surface area contributed by atoms with Gasteiger partial charge in [0.1, 0.15) is 22.5 Å². The number of aryl methyl sites for hydroxylation is 1. The van der Waals surface area contributed by atoms with E-state index in [1.165, 1.54) is 0 Å². The van der Waals surface area contributed by atoms with Crippen LogP contribution in [0.15, 0.2) is 41.2 Å². The molecule has 0 spiro atoms. The van der Waals surface area contributed by atoms with E-state index in [2.05, 4.69) is 25.5 Å². The number of nitrogens with one attached hydrogen (secondary N) is 1. The van der Waals surface area contributed by atoms with E-state index in [9.17, 15) is 4.79 Å². The van der Waals surface area contributed by atoms with Crippen LogP contribution in [-0.4, -0.2) is 71.5 Å². The van der Waals surface area contributed by atoms with E-state index in [0.717, 1.165) is 22.5 Å². The maximum Gasteiger partial charge on any atom is 0.227 e. The third-order valence-electron chi connectivity index (χ3n) is 6.31. The Morgan fingerprint density at radius 3 is 2.47 bits per heavy atom. The molecule has 1 saturated heterocycles. The maximum absolute atomic E-state index is 11.7. The first kappa shape index (κ1) is 23.3. The Morgan fingerprint density at radius 1 is 1.00 bits per heavy atom. The summed E-state index contributed by atoms with van der Waals surface area (Å²) in [6.45, 7) is 6.30. The number of benzene rings is 2. The van der Waals surface area contributed by atoms with Gasteiger partial charge in [0.15, 0.2) is 0 Å². The van der Waals surface area contributed by atoms with E-state index in [4.69, 9.17) is 19.1 Å². The molecule has 2 aromatic carbocycles. The Balaban J connectivity index is 1.44. The Bertz CT molecular complexity index is 1410. The van der Waals surface area contributed by atoms with E-state index in [0.29, 0.717) is 60.3 Å². The number of hydrogen-bond donors (Lipinski definition) is 1. The number of aromatic nitrogens is 4. The van der Waals surface area contributed by atoms with Crippen molar-refractivity contribution in [1.29, 1.82) is 0 Å². The molecule has 1 N–H and O–H groups in total. The number of amides is 1. The van der Waals surface area contributed by atoms with Gasteiger partial charge in [-0.1, -0.05) is 6.07 Å². The van der Waals surface area contributed by atoms with Gasteiger partial charge in [-0.3, -0.25) is 4.79 Å². The fraction of sp³-hybridized carbons (Fsp3) is 0.320. The Kier molecular flexibility index (Phi) is 6.28. The zero-order valence-electron chi connectivity index (χ0n) is 20.6. The Labute approximate surface area is 208 Å². The highest BCUT2D eigenvalue weighted by Crippen LogP contribution is 2.40. The van der Waals surface area contributed by atoms with Gasteiger partial charge in [0.25, 0.3) is 0 Å². The minimum absolute atomic E-state index is 0.0915. The first-order valence-corrected chi connectivity index (χ1v) is 11.6. The molecule has 4 aromatic rings. The molecule has 1 aliphatic heterocycles. The largest absolute Gasteiger partial charge is 0.494 e. The molecule has 5 rings (SSSR count). The molecule has 0 bridgehead atoms. The lowest BCUT2D eigenvalue weighted by Gasteiger charge is -2.36. The van der Waals surface area contributed by atoms with Crippen molar-refractivity contribution in [2.75, 3.05) is 50.6 Å². The van der Waals surface area contributed by atoms with E-state index < -0.39 is 0 Å². The normalized spacial score (nSPS) is 13.7. The molecule has 36 heavy (non-hydrogen) atoms. The molecule has 0 aliphatic carbocycles. The number of anilines is 3. The number of hydrogen-bond acceptors (Lipinski definition) is 10. The van der Waals surface area contributed by atoms with Gasteiger partial charge in [-0.05, 0) is 34.9 Å². The van der Waals surface area contributed by atoms with Gasteiger partial charge >= 0.3 is 0 Å². The van der Waals surface area contributed by atoms with Crippen LogP contribution in [0.1, 0.15) is 12.5 Å². The fourth-order valence-corrected chi connectivity index (χ4v) is 4.33. The molecular formula is C25H27N7O4. The number of nitrogens with zero attached hydrogens (tertiary/aromatic N) is 6. The summed E-state index contributed by atoms with van der Waals surface area (Å²) < 4.78 is 16.2. The molecule has 1 fully saturated rings. The fourth-order valence-electron chi connectivity index (χ4n) is 4.33. The topological polar surface area (TPSA) is 119 Å². The van der Waals surface area contributed by atoms with Crippen LogP contribution in [0.2, 0.25) is 0 Å². The van der Waals surface area contributed by atoms with E-state index in [1.54, 1.807) is 27.3 Å². The minimum Gasteiger partial charge on any atom is -0.494 e. The van der Waals surface area contributed by atoms with Gasteiger partial charge < -0.3 is 24.6 Å². The number of carbonyl (C=O) groups excluding carboxylic acids is 1. The summed E-state index contributed by atoms with van der Waals surface area (Å²) in [4.78, 5) is 25.0. The average molecular weight is 490 g/mol. The van der Waals surface area contributed by atoms with Gasteiger partial charge in [-0.15, -0.1) is 0 Å². The Morgan fingerprint density at radius 2 is 1.75 bits per heavy atom. The van der Waals surface area contributed by atoms with Crippen LogP contribution >= 0.6 is 0 Å². The molecule has 0 radical (unpaired) electrons. The highest BCUT2D eigenvalue weighted by Gasteiger charge is 2.23. The second-order valence-corrected chi connectivity index (χ2v) is 8.54. The number of fused-ring (bicyclic) bond motifs is 1. The summed E-state index contributed by atoms with van der Waals surface area (Å²) in [5, 5.41) is 11.1. The summed E-state index contributed by atoms with van der Waals surface area (Å²) >= 11 is 0. The van der Waals surface area contributed by atoms with Crippen molar-refractivity contribution in [2.45, 2.75) is 13.8 Å². The lowest BCUT2D eigenvalue weighted by molar-refractivity contribution is -0.129. The van der Waals surface area contributed by atoms with Crippen LogP contribution in [0.3, 0.4) is 0 Å². The lowest BCUT2D eigenvalue weighted by Crippen LogP contribution is -2.48. The summed E-state index contributed by atoms with van der Waals surface area (Å²) in [5.74, 6) is 1.82. The van der Waals surface area contributed by atoms with Crippen molar-refractivity contribution < 1.29 is 18.9 Å². The van der Waals surface area contributed by atoms with Crippen molar-refractivity contribution in [1.82, 2.24) is 25.2 Å². The third kappa shape index (κ3) is 4.47. The number of ether oxygens (including phenoxy) is 2. The molecule has 0 unspecified atom stereocenters. The van der Waals surface area contributed by atoms with Crippen LogP contribution in [0.5, 0.6) is 11.5 Å². The highest BCUT2D eigenvalue weighted by atomic mass is 16.6. The number of rotatable bonds is 6. The molecule has 1 amide bonds. The van der Waals surface area contributed by atoms with Crippen LogP contribution in [0.25, 0.3) is 22.3 Å². The van der Waals surface area contributed by atoms with E-state index in [1.807, 2.05) is 42.2 Å². The quantitative estimate of drug-likeness (QED) is 0.431. The summed E-state index contributed by atoms with van der Waals surface area (Å²) in [7, 11) is 3.25. The van der Waals surface area contributed by atoms with Gasteiger partial charge in [0.2, 0.25) is 11.9 Å².